The molecule has 0 radical (unpaired) electrons. The first-order chi connectivity index (χ1) is 17.4. The third kappa shape index (κ3) is 12.0. The number of amides is 4. The highest BCUT2D eigenvalue weighted by atomic mass is 16.4. The van der Waals surface area contributed by atoms with E-state index in [2.05, 4.69) is 25.9 Å². The molecule has 0 aliphatic carbocycles. The fourth-order valence-corrected chi connectivity index (χ4v) is 3.24. The van der Waals surface area contributed by atoms with Crippen molar-refractivity contribution in [2.24, 2.45) is 17.2 Å². The molecule has 1 rings (SSSR count). The van der Waals surface area contributed by atoms with Crippen molar-refractivity contribution in [1.29, 1.82) is 0 Å². The first-order valence-electron chi connectivity index (χ1n) is 11.5. The summed E-state index contributed by atoms with van der Waals surface area (Å²) >= 11 is 0. The number of carboxylic acids is 2. The van der Waals surface area contributed by atoms with E-state index in [0.717, 1.165) is 0 Å². The van der Waals surface area contributed by atoms with Crippen molar-refractivity contribution in [3.63, 3.8) is 0 Å². The van der Waals surface area contributed by atoms with Crippen molar-refractivity contribution >= 4 is 35.6 Å². The van der Waals surface area contributed by atoms with E-state index in [-0.39, 0.29) is 25.7 Å². The van der Waals surface area contributed by atoms with Gasteiger partial charge in [-0.1, -0.05) is 0 Å². The molecular weight excluding hydrogens is 492 g/mol. The Morgan fingerprint density at radius 1 is 0.919 bits per heavy atom. The van der Waals surface area contributed by atoms with E-state index < -0.39 is 66.2 Å². The highest BCUT2D eigenvalue weighted by molar-refractivity contribution is 5.95. The minimum Gasteiger partial charge on any atom is -0.481 e. The summed E-state index contributed by atoms with van der Waals surface area (Å²) in [5.74, 6) is -6.02. The van der Waals surface area contributed by atoms with E-state index in [1.165, 1.54) is 12.5 Å². The van der Waals surface area contributed by atoms with E-state index in [1.807, 2.05) is 0 Å². The number of aliphatic carboxylic acids is 2. The van der Waals surface area contributed by atoms with Gasteiger partial charge in [-0.2, -0.15) is 0 Å². The monoisotopic (exact) mass is 526 g/mol. The van der Waals surface area contributed by atoms with Crippen LogP contribution in [0.5, 0.6) is 0 Å². The number of primary amides is 1. The zero-order valence-corrected chi connectivity index (χ0v) is 20.1. The van der Waals surface area contributed by atoms with Crippen LogP contribution >= 0.6 is 0 Å². The number of aromatic amines is 1. The number of carbonyl (C=O) groups is 6. The second-order valence-electron chi connectivity index (χ2n) is 8.30. The topological polar surface area (TPSA) is 286 Å². The van der Waals surface area contributed by atoms with E-state index in [1.54, 1.807) is 0 Å². The Balaban J connectivity index is 3.01. The lowest BCUT2D eigenvalue weighted by atomic mass is 10.0. The van der Waals surface area contributed by atoms with Gasteiger partial charge in [-0.3, -0.25) is 24.0 Å². The Morgan fingerprint density at radius 3 is 2.03 bits per heavy atom. The number of rotatable bonds is 18. The minimum atomic E-state index is -1.47. The maximum atomic E-state index is 13.0. The Kier molecular flexibility index (Phi) is 13.3. The molecule has 1 aromatic heterocycles. The van der Waals surface area contributed by atoms with Crippen LogP contribution < -0.4 is 33.2 Å². The number of nitrogens with two attached hydrogens (primary N) is 3. The van der Waals surface area contributed by atoms with Crippen LogP contribution in [0.25, 0.3) is 0 Å². The quantitative estimate of drug-likeness (QED) is 0.0853. The van der Waals surface area contributed by atoms with Crippen molar-refractivity contribution in [3.8, 4) is 0 Å². The normalized spacial score (nSPS) is 14.0. The molecule has 0 aromatic carbocycles. The van der Waals surface area contributed by atoms with Crippen molar-refractivity contribution in [2.75, 3.05) is 6.54 Å². The predicted molar refractivity (Wildman–Crippen MR) is 127 cm³/mol. The van der Waals surface area contributed by atoms with Gasteiger partial charge in [0.2, 0.25) is 23.6 Å². The van der Waals surface area contributed by atoms with Crippen LogP contribution in [0.3, 0.4) is 0 Å². The fourth-order valence-electron chi connectivity index (χ4n) is 3.24. The number of nitrogens with one attached hydrogen (secondary N) is 4. The Bertz CT molecular complexity index is 939. The maximum Gasteiger partial charge on any atom is 0.326 e. The molecule has 37 heavy (non-hydrogen) atoms. The van der Waals surface area contributed by atoms with Gasteiger partial charge in [0.1, 0.15) is 18.1 Å². The summed E-state index contributed by atoms with van der Waals surface area (Å²) in [7, 11) is 0. The van der Waals surface area contributed by atoms with E-state index in [4.69, 9.17) is 22.3 Å². The maximum absolute atomic E-state index is 13.0. The largest absolute Gasteiger partial charge is 0.481 e. The summed E-state index contributed by atoms with van der Waals surface area (Å²) in [5, 5.41) is 25.5. The fraction of sp³-hybridized carbons (Fsp3) is 0.571. The molecule has 1 aromatic rings. The van der Waals surface area contributed by atoms with Gasteiger partial charge in [-0.25, -0.2) is 9.78 Å². The summed E-state index contributed by atoms with van der Waals surface area (Å²) < 4.78 is 0. The van der Waals surface area contributed by atoms with Crippen molar-refractivity contribution in [3.05, 3.63) is 18.2 Å². The summed E-state index contributed by atoms with van der Waals surface area (Å²) in [6.45, 7) is 0.318. The van der Waals surface area contributed by atoms with Crippen LogP contribution in [-0.2, 0) is 35.2 Å². The number of hydrogen-bond donors (Lipinski definition) is 9. The second-order valence-corrected chi connectivity index (χ2v) is 8.30. The van der Waals surface area contributed by atoms with Gasteiger partial charge < -0.3 is 48.3 Å². The number of nitrogens with zero attached hydrogens (tertiary/aromatic N) is 1. The summed E-state index contributed by atoms with van der Waals surface area (Å²) in [5.41, 5.74) is 16.6. The second kappa shape index (κ2) is 15.8. The molecule has 1 heterocycles. The van der Waals surface area contributed by atoms with Crippen molar-refractivity contribution < 1.29 is 39.0 Å². The zero-order valence-electron chi connectivity index (χ0n) is 20.1. The van der Waals surface area contributed by atoms with Crippen LogP contribution in [0.15, 0.2) is 12.5 Å². The van der Waals surface area contributed by atoms with Crippen LogP contribution in [0, 0.1) is 0 Å². The zero-order chi connectivity index (χ0) is 28.0. The Hall–Kier alpha value is -4.05. The Morgan fingerprint density at radius 2 is 1.51 bits per heavy atom. The highest BCUT2D eigenvalue weighted by Gasteiger charge is 2.31. The lowest BCUT2D eigenvalue weighted by Crippen LogP contribution is -2.57. The molecule has 4 amide bonds. The highest BCUT2D eigenvalue weighted by Crippen LogP contribution is 2.07. The van der Waals surface area contributed by atoms with Gasteiger partial charge in [0, 0.05) is 24.7 Å². The van der Waals surface area contributed by atoms with Gasteiger partial charge >= 0.3 is 11.9 Å². The molecule has 0 fully saturated rings. The molecule has 0 aliphatic heterocycles. The molecule has 0 spiro atoms. The number of H-pyrrole nitrogens is 1. The first-order valence-corrected chi connectivity index (χ1v) is 11.5. The number of hydrogen-bond acceptors (Lipinski definition) is 9. The summed E-state index contributed by atoms with van der Waals surface area (Å²) in [4.78, 5) is 78.5. The van der Waals surface area contributed by atoms with Crippen LogP contribution in [0.4, 0.5) is 0 Å². The van der Waals surface area contributed by atoms with Gasteiger partial charge in [0.25, 0.3) is 0 Å². The number of imidazole rings is 1. The third-order valence-corrected chi connectivity index (χ3v) is 5.22. The lowest BCUT2D eigenvalue weighted by Gasteiger charge is -2.25. The standard InChI is InChI=1S/C21H34N8O8/c22-6-2-1-3-13(19(34)29-15(21(36)37)7-11-9-25-10-26-11)28-20(35)14(4-5-16(24)30)27-18(33)12(23)8-17(31)32/h9-10,12-15H,1-8,22-23H2,(H2,24,30)(H,25,26)(H,27,33)(H,28,35)(H,29,34)(H,31,32)(H,36,37). The van der Waals surface area contributed by atoms with E-state index in [9.17, 15) is 33.9 Å². The predicted octanol–water partition coefficient (Wildman–Crippen LogP) is -3.31. The molecule has 4 atom stereocenters. The number of unbranched alkanes of at least 4 members (excludes halogenated alkanes) is 1. The number of aromatic nitrogens is 2. The van der Waals surface area contributed by atoms with Gasteiger partial charge in [-0.15, -0.1) is 0 Å². The van der Waals surface area contributed by atoms with Crippen LogP contribution in [0.2, 0.25) is 0 Å². The van der Waals surface area contributed by atoms with E-state index >= 15 is 0 Å². The van der Waals surface area contributed by atoms with Gasteiger partial charge in [0.05, 0.1) is 18.8 Å². The summed E-state index contributed by atoms with van der Waals surface area (Å²) in [6.07, 6.45) is 2.44. The van der Waals surface area contributed by atoms with Crippen molar-refractivity contribution in [1.82, 2.24) is 25.9 Å². The summed E-state index contributed by atoms with van der Waals surface area (Å²) in [6, 6.07) is -5.38. The number of carboxylic acid groups (broad SMARTS) is 2. The van der Waals surface area contributed by atoms with Crippen LogP contribution in [-0.4, -0.2) is 86.5 Å². The van der Waals surface area contributed by atoms with Gasteiger partial charge in [-0.05, 0) is 32.2 Å². The third-order valence-electron chi connectivity index (χ3n) is 5.22. The molecule has 12 N–H and O–H groups in total. The Labute approximate surface area is 212 Å². The van der Waals surface area contributed by atoms with E-state index in [0.29, 0.717) is 25.1 Å². The average molecular weight is 527 g/mol. The van der Waals surface area contributed by atoms with Gasteiger partial charge in [0.15, 0.2) is 0 Å². The molecule has 16 nitrogen and oxygen atoms in total. The minimum absolute atomic E-state index is 0.0939. The SMILES string of the molecule is NCCCCC(NC(=O)C(CCC(N)=O)NC(=O)C(N)CC(=O)O)C(=O)NC(Cc1cnc[nH]1)C(=O)O. The molecule has 0 bridgehead atoms. The molecule has 0 aliphatic rings. The smallest absolute Gasteiger partial charge is 0.326 e. The molecule has 0 saturated carbocycles. The molecule has 4 unspecified atom stereocenters. The molecule has 16 heteroatoms. The van der Waals surface area contributed by atoms with Crippen molar-refractivity contribution in [2.45, 2.75) is 69.1 Å². The number of carbonyl (C=O) groups excluding carboxylic acids is 4. The van der Waals surface area contributed by atoms with Crippen LogP contribution in [0.1, 0.15) is 44.2 Å². The molecule has 0 saturated heterocycles. The lowest BCUT2D eigenvalue weighted by molar-refractivity contribution is -0.142. The molecular formula is C21H34N8O8. The average Bonchev–Trinajstić information content (AvgIpc) is 3.32. The molecule has 206 valence electrons. The first kappa shape index (κ1) is 31.0.